The number of imidazole rings is 2. The minimum Gasteiger partial charge on any atom is -0.268 e. The Hall–Kier alpha value is -2.44. The van der Waals surface area contributed by atoms with Crippen molar-refractivity contribution in [2.45, 2.75) is 91.9 Å². The number of aryl methyl sites for hydroxylation is 2. The first-order valence-electron chi connectivity index (χ1n) is 18.8. The summed E-state index contributed by atoms with van der Waals surface area (Å²) in [6.45, 7) is 9.16. The van der Waals surface area contributed by atoms with E-state index in [0.717, 1.165) is 77.7 Å². The molecule has 0 spiro atoms. The van der Waals surface area contributed by atoms with Gasteiger partial charge in [-0.25, -0.2) is 9.97 Å². The predicted molar refractivity (Wildman–Crippen MR) is 229 cm³/mol. The summed E-state index contributed by atoms with van der Waals surface area (Å²) in [5.41, 5.74) is 3.04. The highest BCUT2D eigenvalue weighted by Gasteiger charge is 2.26. The van der Waals surface area contributed by atoms with Crippen LogP contribution in [0.25, 0.3) is 62.9 Å². The van der Waals surface area contributed by atoms with Crippen molar-refractivity contribution >= 4 is 120 Å². The molecule has 0 aliphatic rings. The molecule has 0 saturated carbocycles. The molecular formula is C40H46N4O2S5. The van der Waals surface area contributed by atoms with Crippen LogP contribution in [0.15, 0.2) is 33.9 Å². The van der Waals surface area contributed by atoms with Gasteiger partial charge in [-0.3, -0.25) is 18.4 Å². The normalized spacial score (nSPS) is 14.0. The molecular weight excluding hydrogens is 729 g/mol. The van der Waals surface area contributed by atoms with Crippen LogP contribution in [0.4, 0.5) is 0 Å². The molecule has 2 atom stereocenters. The third-order valence-electron chi connectivity index (χ3n) is 10.7. The van der Waals surface area contributed by atoms with Gasteiger partial charge in [-0.2, -0.15) is 23.5 Å². The third-order valence-corrected chi connectivity index (χ3v) is 16.5. The topological polar surface area (TPSA) is 68.7 Å². The molecule has 8 rings (SSSR count). The van der Waals surface area contributed by atoms with Gasteiger partial charge in [0.25, 0.3) is 11.1 Å². The van der Waals surface area contributed by atoms with Gasteiger partial charge in [0.15, 0.2) is 5.65 Å². The zero-order valence-corrected chi connectivity index (χ0v) is 34.1. The zero-order valence-electron chi connectivity index (χ0n) is 30.0. The smallest absolute Gasteiger partial charge is 0.268 e. The number of benzene rings is 1. The van der Waals surface area contributed by atoms with Gasteiger partial charge >= 0.3 is 0 Å². The molecule has 0 aliphatic heterocycles. The summed E-state index contributed by atoms with van der Waals surface area (Å²) in [7, 11) is 0. The van der Waals surface area contributed by atoms with E-state index in [1.165, 1.54) is 84.0 Å². The monoisotopic (exact) mass is 774 g/mol. The number of thiophene rings is 3. The van der Waals surface area contributed by atoms with Gasteiger partial charge in [0.1, 0.15) is 20.0 Å². The second-order valence-electron chi connectivity index (χ2n) is 14.1. The number of hydrogen-bond acceptors (Lipinski definition) is 9. The van der Waals surface area contributed by atoms with Crippen LogP contribution in [0.1, 0.15) is 88.8 Å². The Bertz CT molecular complexity index is 2580. The Morgan fingerprint density at radius 1 is 0.667 bits per heavy atom. The summed E-state index contributed by atoms with van der Waals surface area (Å²) in [5, 5.41) is 3.30. The minimum atomic E-state index is -0.0585. The average molecular weight is 775 g/mol. The highest BCUT2D eigenvalue weighted by molar-refractivity contribution is 7.99. The van der Waals surface area contributed by atoms with Crippen molar-refractivity contribution in [2.24, 2.45) is 11.8 Å². The fourth-order valence-electron chi connectivity index (χ4n) is 7.65. The van der Waals surface area contributed by atoms with Crippen LogP contribution in [-0.4, -0.2) is 41.8 Å². The first-order chi connectivity index (χ1) is 24.9. The molecule has 1 aromatic carbocycles. The number of thioether (sulfide) groups is 2. The van der Waals surface area contributed by atoms with Gasteiger partial charge in [0, 0.05) is 31.3 Å². The van der Waals surface area contributed by atoms with Gasteiger partial charge < -0.3 is 0 Å². The number of unbranched alkanes of at least 4 members (excludes halogenated alkanes) is 2. The summed E-state index contributed by atoms with van der Waals surface area (Å²) in [6.07, 6.45) is 12.3. The van der Waals surface area contributed by atoms with Crippen LogP contribution < -0.4 is 11.1 Å². The van der Waals surface area contributed by atoms with Crippen molar-refractivity contribution in [3.05, 3.63) is 54.7 Å². The second-order valence-corrected chi connectivity index (χ2v) is 19.7. The van der Waals surface area contributed by atoms with Crippen LogP contribution >= 0.6 is 57.5 Å². The SMILES string of the molecule is CCCCC(CC)CSCCc1cc2c(nc3c4ccc5c(=O)n6c7cc(CCSCC(CC)CCCC)sc7nc6c6sc(c(=O)n23)c4c56)s1. The van der Waals surface area contributed by atoms with E-state index in [1.54, 1.807) is 27.1 Å². The molecule has 0 amide bonds. The van der Waals surface area contributed by atoms with E-state index in [0.29, 0.717) is 21.4 Å². The van der Waals surface area contributed by atoms with Gasteiger partial charge in [-0.15, -0.1) is 34.0 Å². The van der Waals surface area contributed by atoms with E-state index in [4.69, 9.17) is 9.97 Å². The van der Waals surface area contributed by atoms with Crippen LogP contribution in [0, 0.1) is 11.8 Å². The molecule has 0 N–H and O–H groups in total. The molecule has 268 valence electrons. The minimum absolute atomic E-state index is 0.0482. The molecule has 0 radical (unpaired) electrons. The van der Waals surface area contributed by atoms with E-state index < -0.39 is 0 Å². The van der Waals surface area contributed by atoms with Crippen LogP contribution in [0.2, 0.25) is 0 Å². The van der Waals surface area contributed by atoms with Crippen molar-refractivity contribution in [1.82, 2.24) is 18.8 Å². The number of fused-ring (bicyclic) bond motifs is 8. The molecule has 2 unspecified atom stereocenters. The maximum Gasteiger partial charge on any atom is 0.274 e. The number of hydrogen-bond donors (Lipinski definition) is 0. The maximum absolute atomic E-state index is 14.3. The molecule has 7 heterocycles. The molecule has 0 saturated heterocycles. The molecule has 0 bridgehead atoms. The number of pyridine rings is 2. The third kappa shape index (κ3) is 6.36. The van der Waals surface area contributed by atoms with Gasteiger partial charge in [-0.05, 0) is 84.8 Å². The standard InChI is InChI=1S/C40H46N4O2S5/c1-5-9-11-23(7-3)21-47-17-15-25-19-29-37(49-25)41-35-27-13-14-28-32-31(27)34(40(46)43(29)35)51-33(32)36-42-38-30(44(36)39(28)45)20-26(50-38)16-18-48-22-24(8-4)12-10-6-2/h13-14,19-20,23-24H,5-12,15-18,21-22H2,1-4H3. The fraction of sp³-hybridized carbons (Fsp3) is 0.500. The van der Waals surface area contributed by atoms with Crippen LogP contribution in [0.3, 0.4) is 0 Å². The lowest BCUT2D eigenvalue weighted by molar-refractivity contribution is 0.499. The van der Waals surface area contributed by atoms with Crippen LogP contribution in [-0.2, 0) is 12.8 Å². The van der Waals surface area contributed by atoms with E-state index in [-0.39, 0.29) is 11.1 Å². The average Bonchev–Trinajstić information content (AvgIpc) is 3.95. The largest absolute Gasteiger partial charge is 0.274 e. The highest BCUT2D eigenvalue weighted by Crippen LogP contribution is 2.43. The van der Waals surface area contributed by atoms with E-state index in [9.17, 15) is 9.59 Å². The van der Waals surface area contributed by atoms with Crippen molar-refractivity contribution in [3.8, 4) is 0 Å². The van der Waals surface area contributed by atoms with Crippen LogP contribution in [0.5, 0.6) is 0 Å². The Morgan fingerprint density at radius 2 is 1.20 bits per heavy atom. The van der Waals surface area contributed by atoms with E-state index in [2.05, 4.69) is 63.4 Å². The van der Waals surface area contributed by atoms with Crippen molar-refractivity contribution in [1.29, 1.82) is 0 Å². The summed E-state index contributed by atoms with van der Waals surface area (Å²) in [6, 6.07) is 8.30. The number of nitrogens with zero attached hydrogens (tertiary/aromatic N) is 4. The number of aromatic nitrogens is 4. The lowest BCUT2D eigenvalue weighted by Crippen LogP contribution is -2.13. The summed E-state index contributed by atoms with van der Waals surface area (Å²) < 4.78 is 5.21. The maximum atomic E-state index is 14.3. The van der Waals surface area contributed by atoms with Gasteiger partial charge in [0.2, 0.25) is 0 Å². The van der Waals surface area contributed by atoms with E-state index in [1.807, 2.05) is 16.5 Å². The molecule has 7 aromatic heterocycles. The highest BCUT2D eigenvalue weighted by atomic mass is 32.2. The Balaban J connectivity index is 1.10. The lowest BCUT2D eigenvalue weighted by atomic mass is 10.0. The molecule has 6 nitrogen and oxygen atoms in total. The Kier molecular flexibility index (Phi) is 10.6. The van der Waals surface area contributed by atoms with Gasteiger partial charge in [0.05, 0.1) is 15.7 Å². The molecule has 11 heteroatoms. The van der Waals surface area contributed by atoms with Crippen molar-refractivity contribution in [2.75, 3.05) is 23.0 Å². The molecule has 8 aromatic rings. The molecule has 51 heavy (non-hydrogen) atoms. The molecule has 0 fully saturated rings. The predicted octanol–water partition coefficient (Wildman–Crippen LogP) is 11.5. The first-order valence-corrected chi connectivity index (χ1v) is 23.6. The Morgan fingerprint density at radius 3 is 1.76 bits per heavy atom. The van der Waals surface area contributed by atoms with Gasteiger partial charge in [-0.1, -0.05) is 66.2 Å². The van der Waals surface area contributed by atoms with Crippen molar-refractivity contribution < 1.29 is 0 Å². The zero-order chi connectivity index (χ0) is 35.2. The molecule has 0 aliphatic carbocycles. The number of rotatable bonds is 18. The first kappa shape index (κ1) is 35.6. The van der Waals surface area contributed by atoms with E-state index >= 15 is 0 Å². The summed E-state index contributed by atoms with van der Waals surface area (Å²) in [5.74, 6) is 6.23. The quantitative estimate of drug-likeness (QED) is 0.0639. The summed E-state index contributed by atoms with van der Waals surface area (Å²) >= 11 is 9.00. The van der Waals surface area contributed by atoms with Crippen molar-refractivity contribution in [3.63, 3.8) is 0 Å². The fourth-order valence-corrected chi connectivity index (χ4v) is 13.7. The second kappa shape index (κ2) is 15.1. The Labute approximate surface area is 318 Å². The summed E-state index contributed by atoms with van der Waals surface area (Å²) in [4.78, 5) is 42.9. The lowest BCUT2D eigenvalue weighted by Gasteiger charge is -2.13.